The van der Waals surface area contributed by atoms with Gasteiger partial charge < -0.3 is 10.2 Å². The monoisotopic (exact) mass is 213 g/mol. The number of carboxylic acids is 1. The van der Waals surface area contributed by atoms with Gasteiger partial charge in [-0.05, 0) is 13.3 Å². The topological polar surface area (TPSA) is 88.2 Å². The van der Waals surface area contributed by atoms with Gasteiger partial charge in [0, 0.05) is 0 Å². The van der Waals surface area contributed by atoms with E-state index in [1.165, 1.54) is 0 Å². The first-order chi connectivity index (χ1) is 7.10. The smallest absolute Gasteiger partial charge is 0.309 e. The van der Waals surface area contributed by atoms with Gasteiger partial charge in [0.1, 0.15) is 0 Å². The molecule has 0 aliphatic heterocycles. The Bertz CT molecular complexity index is 348. The van der Waals surface area contributed by atoms with E-state index in [1.807, 2.05) is 6.92 Å². The molecule has 2 N–H and O–H groups in total. The summed E-state index contributed by atoms with van der Waals surface area (Å²) in [6.45, 7) is 3.67. The molecule has 6 nitrogen and oxygen atoms in total. The van der Waals surface area contributed by atoms with Crippen LogP contribution in [0.25, 0.3) is 0 Å². The highest BCUT2D eigenvalue weighted by Crippen LogP contribution is 2.12. The Labute approximate surface area is 87.5 Å². The van der Waals surface area contributed by atoms with E-state index in [9.17, 15) is 4.79 Å². The number of hydrogen-bond donors (Lipinski definition) is 2. The maximum atomic E-state index is 10.6. The highest BCUT2D eigenvalue weighted by molar-refractivity contribution is 5.69. The molecule has 1 aromatic rings. The number of aliphatic hydroxyl groups is 1. The van der Waals surface area contributed by atoms with Crippen molar-refractivity contribution in [3.8, 4) is 0 Å². The maximum Gasteiger partial charge on any atom is 0.309 e. The lowest BCUT2D eigenvalue weighted by molar-refractivity contribution is -0.136. The van der Waals surface area contributed by atoms with Crippen molar-refractivity contribution in [2.24, 2.45) is 0 Å². The highest BCUT2D eigenvalue weighted by atomic mass is 16.4. The number of carboxylic acid groups (broad SMARTS) is 1. The Morgan fingerprint density at radius 2 is 2.27 bits per heavy atom. The average Bonchev–Trinajstić information content (AvgIpc) is 2.58. The van der Waals surface area contributed by atoms with E-state index in [1.54, 1.807) is 11.6 Å². The number of nitrogens with zero attached hydrogens (tertiary/aromatic N) is 3. The average molecular weight is 213 g/mol. The molecule has 1 aromatic heterocycles. The van der Waals surface area contributed by atoms with Crippen LogP contribution in [0.4, 0.5) is 0 Å². The molecule has 6 heteroatoms. The van der Waals surface area contributed by atoms with Crippen LogP contribution in [0.1, 0.15) is 31.3 Å². The second-order valence-corrected chi connectivity index (χ2v) is 3.38. The third-order valence-corrected chi connectivity index (χ3v) is 2.21. The van der Waals surface area contributed by atoms with Crippen molar-refractivity contribution in [1.82, 2.24) is 15.0 Å². The Hall–Kier alpha value is -1.43. The molecule has 0 aliphatic rings. The number of hydrogen-bond acceptors (Lipinski definition) is 4. The Morgan fingerprint density at radius 1 is 1.60 bits per heavy atom. The number of aliphatic carboxylic acids is 1. The van der Waals surface area contributed by atoms with Crippen LogP contribution in [0.2, 0.25) is 0 Å². The van der Waals surface area contributed by atoms with Gasteiger partial charge in [-0.25, -0.2) is 4.68 Å². The molecular weight excluding hydrogens is 198 g/mol. The maximum absolute atomic E-state index is 10.6. The fourth-order valence-corrected chi connectivity index (χ4v) is 1.42. The van der Waals surface area contributed by atoms with Crippen molar-refractivity contribution in [2.75, 3.05) is 6.61 Å². The van der Waals surface area contributed by atoms with Crippen molar-refractivity contribution in [3.63, 3.8) is 0 Å². The van der Waals surface area contributed by atoms with Crippen LogP contribution in [0.5, 0.6) is 0 Å². The molecule has 1 atom stereocenters. The summed E-state index contributed by atoms with van der Waals surface area (Å²) in [5.41, 5.74) is 1.25. The van der Waals surface area contributed by atoms with E-state index >= 15 is 0 Å². The van der Waals surface area contributed by atoms with Gasteiger partial charge in [0.15, 0.2) is 0 Å². The molecule has 0 fully saturated rings. The third-order valence-electron chi connectivity index (χ3n) is 2.21. The van der Waals surface area contributed by atoms with E-state index in [0.29, 0.717) is 12.1 Å². The lowest BCUT2D eigenvalue weighted by atomic mass is 10.2. The quantitative estimate of drug-likeness (QED) is 0.720. The minimum absolute atomic E-state index is 0.0388. The van der Waals surface area contributed by atoms with Gasteiger partial charge in [-0.3, -0.25) is 4.79 Å². The van der Waals surface area contributed by atoms with Crippen molar-refractivity contribution in [2.45, 2.75) is 32.7 Å². The van der Waals surface area contributed by atoms with Crippen molar-refractivity contribution < 1.29 is 15.0 Å². The number of aliphatic hydroxyl groups excluding tert-OH is 1. The van der Waals surface area contributed by atoms with Gasteiger partial charge in [-0.15, -0.1) is 5.10 Å². The summed E-state index contributed by atoms with van der Waals surface area (Å²) in [6, 6.07) is -0.171. The van der Waals surface area contributed by atoms with Crippen LogP contribution < -0.4 is 0 Å². The molecule has 0 bridgehead atoms. The zero-order chi connectivity index (χ0) is 11.4. The molecule has 0 amide bonds. The normalized spacial score (nSPS) is 12.7. The Balaban J connectivity index is 2.99. The van der Waals surface area contributed by atoms with Gasteiger partial charge in [-0.1, -0.05) is 12.1 Å². The summed E-state index contributed by atoms with van der Waals surface area (Å²) in [5, 5.41) is 25.3. The predicted molar refractivity (Wildman–Crippen MR) is 52.5 cm³/mol. The van der Waals surface area contributed by atoms with Gasteiger partial charge in [0.05, 0.1) is 30.5 Å². The lowest BCUT2D eigenvalue weighted by Gasteiger charge is -2.10. The Morgan fingerprint density at radius 3 is 2.73 bits per heavy atom. The van der Waals surface area contributed by atoms with Gasteiger partial charge in [-0.2, -0.15) is 0 Å². The van der Waals surface area contributed by atoms with Crippen LogP contribution in [-0.4, -0.2) is 37.8 Å². The summed E-state index contributed by atoms with van der Waals surface area (Å²) in [6.07, 6.45) is 0.529. The molecule has 0 spiro atoms. The number of rotatable bonds is 5. The summed E-state index contributed by atoms with van der Waals surface area (Å²) in [4.78, 5) is 10.6. The SMILES string of the molecule is CCc1c(CC(=O)O)nnn1C(C)CO. The molecule has 15 heavy (non-hydrogen) atoms. The van der Waals surface area contributed by atoms with E-state index in [-0.39, 0.29) is 19.1 Å². The first kappa shape index (κ1) is 11.6. The van der Waals surface area contributed by atoms with Crippen LogP contribution >= 0.6 is 0 Å². The Kier molecular flexibility index (Phi) is 3.79. The summed E-state index contributed by atoms with van der Waals surface area (Å²) in [7, 11) is 0. The minimum atomic E-state index is -0.923. The molecule has 0 saturated heterocycles. The van der Waals surface area contributed by atoms with Crippen molar-refractivity contribution in [3.05, 3.63) is 11.4 Å². The zero-order valence-electron chi connectivity index (χ0n) is 8.84. The standard InChI is InChI=1S/C9H15N3O3/c1-3-8-7(4-9(14)15)10-11-12(8)6(2)5-13/h6,13H,3-5H2,1-2H3,(H,14,15). The van der Waals surface area contributed by atoms with Gasteiger partial charge in [0.2, 0.25) is 0 Å². The molecule has 0 radical (unpaired) electrons. The highest BCUT2D eigenvalue weighted by Gasteiger charge is 2.16. The molecule has 0 aromatic carbocycles. The lowest BCUT2D eigenvalue weighted by Crippen LogP contribution is -2.14. The summed E-state index contributed by atoms with van der Waals surface area (Å²) >= 11 is 0. The van der Waals surface area contributed by atoms with E-state index < -0.39 is 5.97 Å². The van der Waals surface area contributed by atoms with Crippen LogP contribution in [0.3, 0.4) is 0 Å². The largest absolute Gasteiger partial charge is 0.481 e. The predicted octanol–water partition coefficient (Wildman–Crippen LogP) is 0.0209. The summed E-state index contributed by atoms with van der Waals surface area (Å²) in [5.74, 6) is -0.923. The fraction of sp³-hybridized carbons (Fsp3) is 0.667. The molecule has 84 valence electrons. The fourth-order valence-electron chi connectivity index (χ4n) is 1.42. The number of aromatic nitrogens is 3. The van der Waals surface area contributed by atoms with E-state index in [0.717, 1.165) is 5.69 Å². The first-order valence-electron chi connectivity index (χ1n) is 4.85. The van der Waals surface area contributed by atoms with Crippen molar-refractivity contribution in [1.29, 1.82) is 0 Å². The molecule has 0 aliphatic carbocycles. The molecular formula is C9H15N3O3. The van der Waals surface area contributed by atoms with Crippen LogP contribution in [-0.2, 0) is 17.6 Å². The molecule has 1 rings (SSSR count). The van der Waals surface area contributed by atoms with E-state index in [4.69, 9.17) is 10.2 Å². The van der Waals surface area contributed by atoms with Crippen LogP contribution in [0, 0.1) is 0 Å². The van der Waals surface area contributed by atoms with Crippen molar-refractivity contribution >= 4 is 5.97 Å². The molecule has 1 unspecified atom stereocenters. The number of carbonyl (C=O) groups is 1. The second kappa shape index (κ2) is 4.88. The zero-order valence-corrected chi connectivity index (χ0v) is 8.84. The van der Waals surface area contributed by atoms with E-state index in [2.05, 4.69) is 10.3 Å². The van der Waals surface area contributed by atoms with Gasteiger partial charge in [0.25, 0.3) is 0 Å². The molecule has 1 heterocycles. The molecule has 0 saturated carbocycles. The third kappa shape index (κ3) is 2.53. The summed E-state index contributed by atoms with van der Waals surface area (Å²) < 4.78 is 1.58. The first-order valence-corrected chi connectivity index (χ1v) is 4.85. The second-order valence-electron chi connectivity index (χ2n) is 3.38. The van der Waals surface area contributed by atoms with Crippen LogP contribution in [0.15, 0.2) is 0 Å². The minimum Gasteiger partial charge on any atom is -0.481 e. The van der Waals surface area contributed by atoms with Gasteiger partial charge >= 0.3 is 5.97 Å².